The van der Waals surface area contributed by atoms with Crippen LogP contribution in [0.4, 0.5) is 39.5 Å². The van der Waals surface area contributed by atoms with Crippen LogP contribution in [0.15, 0.2) is 36.4 Å². The van der Waals surface area contributed by atoms with Crippen molar-refractivity contribution in [3.8, 4) is 5.75 Å². The zero-order valence-corrected chi connectivity index (χ0v) is 42.4. The van der Waals surface area contributed by atoms with Crippen LogP contribution >= 0.6 is 0 Å². The number of hydrogen-bond donors (Lipinski definition) is 1. The lowest BCUT2D eigenvalue weighted by Gasteiger charge is -2.28. The van der Waals surface area contributed by atoms with E-state index in [-0.39, 0.29) is 107 Å². The van der Waals surface area contributed by atoms with Gasteiger partial charge in [0.1, 0.15) is 11.9 Å². The summed E-state index contributed by atoms with van der Waals surface area (Å²) in [6.07, 6.45) is -6.31. The third-order valence-corrected chi connectivity index (χ3v) is 16.4. The lowest BCUT2D eigenvalue weighted by molar-refractivity contribution is -0.139. The Labute approximate surface area is 420 Å². The Bertz CT molecular complexity index is 2650. The van der Waals surface area contributed by atoms with E-state index < -0.39 is 35.2 Å². The SMILES string of the molecule is CC(C)N1Cc2c(cc(CN3CCC4(CC4)C3)cc2C(F)(F)F)C1=O.CC(C)N1Cc2c(cc(OC3CNC3)cc2C(F)(F)F)C1=O.CC(c1cc2c(c(C(F)(F)F)c1)CN(C(C)C)C2=O)N1CCC2(CC2)C1. The van der Waals surface area contributed by atoms with Crippen molar-refractivity contribution in [1.29, 1.82) is 0 Å². The predicted molar refractivity (Wildman–Crippen MR) is 254 cm³/mol. The number of ether oxygens (including phenoxy) is 1. The van der Waals surface area contributed by atoms with E-state index in [2.05, 4.69) is 15.1 Å². The van der Waals surface area contributed by atoms with Crippen molar-refractivity contribution in [3.05, 3.63) is 97.6 Å². The smallest absolute Gasteiger partial charge is 0.416 e. The van der Waals surface area contributed by atoms with Crippen molar-refractivity contribution in [3.63, 3.8) is 0 Å². The van der Waals surface area contributed by atoms with Gasteiger partial charge in [0.15, 0.2) is 0 Å². The number of carbonyl (C=O) groups excluding carboxylic acids is 3. The molecule has 0 aromatic heterocycles. The molecule has 398 valence electrons. The van der Waals surface area contributed by atoms with Crippen LogP contribution in [-0.4, -0.2) is 106 Å². The molecule has 3 aromatic carbocycles. The van der Waals surface area contributed by atoms with Crippen LogP contribution in [-0.2, 0) is 44.7 Å². The van der Waals surface area contributed by atoms with E-state index in [0.717, 1.165) is 45.1 Å². The molecule has 3 saturated heterocycles. The number of likely N-dealkylation sites (tertiary alicyclic amines) is 2. The Hall–Kier alpha value is -4.88. The molecular weight excluding hydrogens is 968 g/mol. The van der Waals surface area contributed by atoms with Crippen LogP contribution in [0.2, 0.25) is 0 Å². The first-order valence-corrected chi connectivity index (χ1v) is 25.5. The summed E-state index contributed by atoms with van der Waals surface area (Å²) in [4.78, 5) is 46.5. The molecule has 10 nitrogen and oxygen atoms in total. The van der Waals surface area contributed by atoms with Gasteiger partial charge in [0.25, 0.3) is 17.7 Å². The molecule has 0 bridgehead atoms. The first-order chi connectivity index (χ1) is 34.1. The molecule has 3 amide bonds. The number of rotatable bonds is 9. The van der Waals surface area contributed by atoms with Gasteiger partial charge in [-0.2, -0.15) is 39.5 Å². The maximum atomic E-state index is 13.7. The fraction of sp³-hybridized carbons (Fsp3) is 0.611. The highest BCUT2D eigenvalue weighted by Gasteiger charge is 2.50. The molecule has 2 aliphatic carbocycles. The third-order valence-electron chi connectivity index (χ3n) is 16.4. The van der Waals surface area contributed by atoms with Crippen LogP contribution in [0.5, 0.6) is 5.75 Å². The van der Waals surface area contributed by atoms with Gasteiger partial charge >= 0.3 is 18.5 Å². The number of benzene rings is 3. The van der Waals surface area contributed by atoms with Gasteiger partial charge in [0.2, 0.25) is 0 Å². The second kappa shape index (κ2) is 19.0. The molecule has 6 heterocycles. The van der Waals surface area contributed by atoms with E-state index in [1.807, 2.05) is 34.6 Å². The highest BCUT2D eigenvalue weighted by Crippen LogP contribution is 2.55. The van der Waals surface area contributed by atoms with Gasteiger partial charge in [0.05, 0.1) is 16.7 Å². The van der Waals surface area contributed by atoms with E-state index in [1.54, 1.807) is 26.0 Å². The van der Waals surface area contributed by atoms with Gasteiger partial charge in [-0.3, -0.25) is 24.2 Å². The number of amides is 3. The summed E-state index contributed by atoms with van der Waals surface area (Å²) in [6.45, 7) is 18.4. The molecule has 1 unspecified atom stereocenters. The topological polar surface area (TPSA) is 88.7 Å². The molecule has 2 saturated carbocycles. The highest BCUT2D eigenvalue weighted by molar-refractivity contribution is 6.00. The van der Waals surface area contributed by atoms with E-state index >= 15 is 0 Å². The summed E-state index contributed by atoms with van der Waals surface area (Å²) in [7, 11) is 0. The number of nitrogens with zero attached hydrogens (tertiary/aromatic N) is 5. The van der Waals surface area contributed by atoms with E-state index in [0.29, 0.717) is 41.6 Å². The standard InChI is InChI=1S/C20H25F3N2O.C19H23F3N2O.C15H17F3N2O2/c1-12(2)25-10-16-15(18(25)26)8-14(9-17(16)20(21,22)23)13(3)24-7-6-19(11-24)4-5-19;1-12(2)24-10-15-14(17(24)25)7-13(8-16(15)19(20,21)22)9-23-6-5-18(11-23)3-4-18;1-8(2)20-7-12-11(14(20)21)3-9(22-10-5-19-6-10)4-13(12)15(16,17)18/h8-9,12-13H,4-7,10-11H2,1-3H3;7-8,12H,3-6,9-11H2,1-2H3;3-4,8,10,19H,5-7H2,1-2H3. The minimum atomic E-state index is -4.51. The molecule has 73 heavy (non-hydrogen) atoms. The molecule has 0 radical (unpaired) electrons. The van der Waals surface area contributed by atoms with E-state index in [9.17, 15) is 53.9 Å². The third kappa shape index (κ3) is 10.7. The van der Waals surface area contributed by atoms with Crippen LogP contribution < -0.4 is 10.1 Å². The van der Waals surface area contributed by atoms with Crippen LogP contribution in [0.1, 0.15) is 169 Å². The molecule has 2 spiro atoms. The maximum Gasteiger partial charge on any atom is 0.416 e. The Kier molecular flexibility index (Phi) is 13.8. The first kappa shape index (κ1) is 53.0. The van der Waals surface area contributed by atoms with Crippen LogP contribution in [0.3, 0.4) is 0 Å². The lowest BCUT2D eigenvalue weighted by Crippen LogP contribution is -2.50. The Morgan fingerprint density at radius 3 is 1.42 bits per heavy atom. The van der Waals surface area contributed by atoms with Crippen molar-refractivity contribution in [2.45, 2.75) is 162 Å². The number of fused-ring (bicyclic) bond motifs is 3. The molecule has 19 heteroatoms. The molecule has 11 rings (SSSR count). The maximum absolute atomic E-state index is 13.7. The number of hydrogen-bond acceptors (Lipinski definition) is 7. The van der Waals surface area contributed by atoms with Crippen molar-refractivity contribution >= 4 is 17.7 Å². The summed E-state index contributed by atoms with van der Waals surface area (Å²) in [5, 5.41) is 2.99. The fourth-order valence-corrected chi connectivity index (χ4v) is 11.4. The molecule has 1 atom stereocenters. The van der Waals surface area contributed by atoms with Gasteiger partial charge in [-0.25, -0.2) is 0 Å². The zero-order chi connectivity index (χ0) is 52.9. The Morgan fingerprint density at radius 1 is 0.562 bits per heavy atom. The van der Waals surface area contributed by atoms with E-state index in [4.69, 9.17) is 4.74 Å². The van der Waals surface area contributed by atoms with Gasteiger partial charge in [-0.05, 0) is 175 Å². The van der Waals surface area contributed by atoms with E-state index in [1.165, 1.54) is 58.6 Å². The summed E-state index contributed by atoms with van der Waals surface area (Å²) < 4.78 is 127. The number of alkyl halides is 9. The van der Waals surface area contributed by atoms with Crippen molar-refractivity contribution in [1.82, 2.24) is 29.8 Å². The molecule has 3 aromatic rings. The van der Waals surface area contributed by atoms with Gasteiger partial charge < -0.3 is 24.8 Å². The summed E-state index contributed by atoms with van der Waals surface area (Å²) in [5.74, 6) is -0.823. The van der Waals surface area contributed by atoms with Crippen molar-refractivity contribution in [2.75, 3.05) is 39.3 Å². The Balaban J connectivity index is 0.000000135. The van der Waals surface area contributed by atoms with Crippen LogP contribution in [0, 0.1) is 10.8 Å². The molecule has 8 aliphatic rings. The molecule has 5 fully saturated rings. The highest BCUT2D eigenvalue weighted by atomic mass is 19.4. The quantitative estimate of drug-likeness (QED) is 0.214. The lowest BCUT2D eigenvalue weighted by atomic mass is 9.95. The zero-order valence-electron chi connectivity index (χ0n) is 42.4. The Morgan fingerprint density at radius 2 is 1.00 bits per heavy atom. The molecule has 6 aliphatic heterocycles. The first-order valence-electron chi connectivity index (χ1n) is 25.5. The normalized spacial score (nSPS) is 21.5. The molecule has 1 N–H and O–H groups in total. The monoisotopic (exact) mass is 1030 g/mol. The van der Waals surface area contributed by atoms with Gasteiger partial charge in [-0.15, -0.1) is 0 Å². The average Bonchev–Trinajstić information content (AvgIpc) is 3.91. The number of nitrogens with one attached hydrogen (secondary N) is 1. The number of halogens is 9. The minimum absolute atomic E-state index is 0.00800. The summed E-state index contributed by atoms with van der Waals surface area (Å²) >= 11 is 0. The van der Waals surface area contributed by atoms with Crippen molar-refractivity contribution in [2.24, 2.45) is 10.8 Å². The average molecular weight is 1030 g/mol. The predicted octanol–water partition coefficient (Wildman–Crippen LogP) is 11.1. The number of carbonyl (C=O) groups is 3. The molecular formula is C54H65F9N6O4. The second-order valence-electron chi connectivity index (χ2n) is 22.6. The van der Waals surface area contributed by atoms with Gasteiger partial charge in [0, 0.05) is 93.2 Å². The summed E-state index contributed by atoms with van der Waals surface area (Å²) in [6, 6.07) is 7.88. The summed E-state index contributed by atoms with van der Waals surface area (Å²) in [5.41, 5.74) is 0.883. The second-order valence-corrected chi connectivity index (χ2v) is 22.6. The van der Waals surface area contributed by atoms with Gasteiger partial charge in [-0.1, -0.05) is 0 Å². The van der Waals surface area contributed by atoms with Crippen molar-refractivity contribution < 1.29 is 58.6 Å². The fourth-order valence-electron chi connectivity index (χ4n) is 11.4. The largest absolute Gasteiger partial charge is 0.488 e. The minimum Gasteiger partial charge on any atom is -0.488 e. The van der Waals surface area contributed by atoms with Crippen LogP contribution in [0.25, 0.3) is 0 Å².